The number of aromatic nitrogens is 3. The molecule has 5 nitrogen and oxygen atoms in total. The molecule has 5 heteroatoms. The summed E-state index contributed by atoms with van der Waals surface area (Å²) in [6, 6.07) is 18.8. The number of piperidine rings is 1. The van der Waals surface area contributed by atoms with Gasteiger partial charge < -0.3 is 10.2 Å². The summed E-state index contributed by atoms with van der Waals surface area (Å²) in [7, 11) is 0. The molecule has 0 amide bonds. The molecule has 1 saturated heterocycles. The lowest BCUT2D eigenvalue weighted by molar-refractivity contribution is 0.402. The van der Waals surface area contributed by atoms with Gasteiger partial charge in [-0.25, -0.2) is 9.97 Å². The first-order valence-electron chi connectivity index (χ1n) is 9.61. The maximum absolute atomic E-state index is 4.49. The average molecular weight is 359 g/mol. The van der Waals surface area contributed by atoms with Gasteiger partial charge in [-0.1, -0.05) is 36.4 Å². The second kappa shape index (κ2) is 8.62. The molecule has 0 spiro atoms. The molecule has 0 atom stereocenters. The predicted octanol–water partition coefficient (Wildman–Crippen LogP) is 3.94. The van der Waals surface area contributed by atoms with Gasteiger partial charge in [0, 0.05) is 25.4 Å². The number of nitrogens with one attached hydrogen (secondary N) is 1. The van der Waals surface area contributed by atoms with Crippen LogP contribution in [0.4, 0.5) is 11.6 Å². The van der Waals surface area contributed by atoms with Crippen LogP contribution in [-0.2, 0) is 13.0 Å². The second-order valence-corrected chi connectivity index (χ2v) is 7.06. The average Bonchev–Trinajstić information content (AvgIpc) is 2.75. The second-order valence-electron chi connectivity index (χ2n) is 7.06. The minimum atomic E-state index is 0.663. The SMILES string of the molecule is c1ccc(CC2CCN(c3cc(NCc4ccccn4)ncn3)CC2)cc1. The van der Waals surface area contributed by atoms with Crippen LogP contribution in [0.5, 0.6) is 0 Å². The predicted molar refractivity (Wildman–Crippen MR) is 109 cm³/mol. The molecule has 3 aromatic rings. The highest BCUT2D eigenvalue weighted by Gasteiger charge is 2.20. The van der Waals surface area contributed by atoms with Gasteiger partial charge in [0.05, 0.1) is 12.2 Å². The molecule has 1 aliphatic heterocycles. The van der Waals surface area contributed by atoms with Crippen molar-refractivity contribution in [3.8, 4) is 0 Å². The molecule has 0 saturated carbocycles. The van der Waals surface area contributed by atoms with Gasteiger partial charge in [0.1, 0.15) is 18.0 Å². The molecule has 0 aliphatic carbocycles. The van der Waals surface area contributed by atoms with Crippen LogP contribution in [0.1, 0.15) is 24.1 Å². The van der Waals surface area contributed by atoms with Crippen molar-refractivity contribution in [3.63, 3.8) is 0 Å². The molecule has 4 rings (SSSR count). The minimum absolute atomic E-state index is 0.663. The number of hydrogen-bond acceptors (Lipinski definition) is 5. The maximum atomic E-state index is 4.49. The number of rotatable bonds is 6. The number of benzene rings is 1. The molecule has 138 valence electrons. The van der Waals surface area contributed by atoms with Crippen LogP contribution >= 0.6 is 0 Å². The van der Waals surface area contributed by atoms with Crippen LogP contribution in [0.3, 0.4) is 0 Å². The van der Waals surface area contributed by atoms with E-state index in [1.165, 1.54) is 24.8 Å². The van der Waals surface area contributed by atoms with Crippen molar-refractivity contribution in [2.45, 2.75) is 25.8 Å². The Labute approximate surface area is 160 Å². The van der Waals surface area contributed by atoms with Gasteiger partial charge in [0.25, 0.3) is 0 Å². The Morgan fingerprint density at radius 2 is 1.74 bits per heavy atom. The van der Waals surface area contributed by atoms with E-state index in [0.717, 1.165) is 36.3 Å². The minimum Gasteiger partial charge on any atom is -0.364 e. The van der Waals surface area contributed by atoms with Crippen molar-refractivity contribution < 1.29 is 0 Å². The molecular weight excluding hydrogens is 334 g/mol. The molecule has 1 aromatic carbocycles. The number of pyridine rings is 1. The first-order chi connectivity index (χ1) is 13.4. The Kier molecular flexibility index (Phi) is 5.58. The van der Waals surface area contributed by atoms with Crippen LogP contribution < -0.4 is 10.2 Å². The third-order valence-electron chi connectivity index (χ3n) is 5.14. The van der Waals surface area contributed by atoms with E-state index in [0.29, 0.717) is 6.54 Å². The van der Waals surface area contributed by atoms with E-state index >= 15 is 0 Å². The van der Waals surface area contributed by atoms with Crippen molar-refractivity contribution in [1.82, 2.24) is 15.0 Å². The number of hydrogen-bond donors (Lipinski definition) is 1. The van der Waals surface area contributed by atoms with Gasteiger partial charge in [-0.05, 0) is 42.9 Å². The van der Waals surface area contributed by atoms with Crippen molar-refractivity contribution >= 4 is 11.6 Å². The van der Waals surface area contributed by atoms with E-state index in [9.17, 15) is 0 Å². The Bertz CT molecular complexity index is 830. The summed E-state index contributed by atoms with van der Waals surface area (Å²) in [6.45, 7) is 2.76. The standard InChI is InChI=1S/C22H25N5/c1-2-6-18(7-3-1)14-19-9-12-27(13-10-19)22-15-21(25-17-26-22)24-16-20-8-4-5-11-23-20/h1-8,11,15,17,19H,9-10,12-14,16H2,(H,24,25,26). The molecule has 1 N–H and O–H groups in total. The zero-order chi connectivity index (χ0) is 18.3. The summed E-state index contributed by atoms with van der Waals surface area (Å²) in [5.41, 5.74) is 2.44. The van der Waals surface area contributed by atoms with Crippen LogP contribution in [0.25, 0.3) is 0 Å². The van der Waals surface area contributed by atoms with Gasteiger partial charge in [0.15, 0.2) is 0 Å². The summed E-state index contributed by atoms with van der Waals surface area (Å²) in [5, 5.41) is 3.34. The van der Waals surface area contributed by atoms with E-state index in [1.807, 2.05) is 30.5 Å². The Morgan fingerprint density at radius 1 is 0.926 bits per heavy atom. The molecular formula is C22H25N5. The molecule has 3 heterocycles. The van der Waals surface area contributed by atoms with Crippen LogP contribution in [0, 0.1) is 5.92 Å². The highest BCUT2D eigenvalue weighted by atomic mass is 15.2. The summed E-state index contributed by atoms with van der Waals surface area (Å²) < 4.78 is 0. The fraction of sp³-hybridized carbons (Fsp3) is 0.318. The van der Waals surface area contributed by atoms with Gasteiger partial charge in [-0.2, -0.15) is 0 Å². The maximum Gasteiger partial charge on any atom is 0.134 e. The molecule has 0 unspecified atom stereocenters. The third kappa shape index (κ3) is 4.82. The molecule has 1 aliphatic rings. The Balaban J connectivity index is 1.32. The van der Waals surface area contributed by atoms with Crippen LogP contribution in [-0.4, -0.2) is 28.0 Å². The Morgan fingerprint density at radius 3 is 2.52 bits per heavy atom. The van der Waals surface area contributed by atoms with Gasteiger partial charge in [-0.15, -0.1) is 0 Å². The monoisotopic (exact) mass is 359 g/mol. The van der Waals surface area contributed by atoms with Crippen molar-refractivity contribution in [3.05, 3.63) is 78.4 Å². The van der Waals surface area contributed by atoms with Crippen molar-refractivity contribution in [2.24, 2.45) is 5.92 Å². The quantitative estimate of drug-likeness (QED) is 0.722. The summed E-state index contributed by atoms with van der Waals surface area (Å²) >= 11 is 0. The number of anilines is 2. The largest absolute Gasteiger partial charge is 0.364 e. The first-order valence-corrected chi connectivity index (χ1v) is 9.61. The lowest BCUT2D eigenvalue weighted by Gasteiger charge is -2.33. The van der Waals surface area contributed by atoms with E-state index in [2.05, 4.69) is 55.5 Å². The zero-order valence-electron chi connectivity index (χ0n) is 15.5. The van der Waals surface area contributed by atoms with E-state index in [-0.39, 0.29) is 0 Å². The summed E-state index contributed by atoms with van der Waals surface area (Å²) in [5.74, 6) is 2.61. The topological polar surface area (TPSA) is 53.9 Å². The van der Waals surface area contributed by atoms with Gasteiger partial charge >= 0.3 is 0 Å². The van der Waals surface area contributed by atoms with E-state index in [1.54, 1.807) is 6.33 Å². The van der Waals surface area contributed by atoms with E-state index < -0.39 is 0 Å². The fourth-order valence-corrected chi connectivity index (χ4v) is 3.61. The molecule has 27 heavy (non-hydrogen) atoms. The lowest BCUT2D eigenvalue weighted by atomic mass is 9.90. The summed E-state index contributed by atoms with van der Waals surface area (Å²) in [6.07, 6.45) is 7.04. The Hall–Kier alpha value is -2.95. The highest BCUT2D eigenvalue weighted by Crippen LogP contribution is 2.25. The fourth-order valence-electron chi connectivity index (χ4n) is 3.61. The first kappa shape index (κ1) is 17.5. The smallest absolute Gasteiger partial charge is 0.134 e. The zero-order valence-corrected chi connectivity index (χ0v) is 15.5. The van der Waals surface area contributed by atoms with Gasteiger partial charge in [0.2, 0.25) is 0 Å². The van der Waals surface area contributed by atoms with Gasteiger partial charge in [-0.3, -0.25) is 4.98 Å². The van der Waals surface area contributed by atoms with Crippen LogP contribution in [0.2, 0.25) is 0 Å². The lowest BCUT2D eigenvalue weighted by Crippen LogP contribution is -2.34. The normalized spacial score (nSPS) is 14.9. The van der Waals surface area contributed by atoms with Crippen LogP contribution in [0.15, 0.2) is 67.1 Å². The van der Waals surface area contributed by atoms with Crippen molar-refractivity contribution in [1.29, 1.82) is 0 Å². The third-order valence-corrected chi connectivity index (χ3v) is 5.14. The molecule has 1 fully saturated rings. The van der Waals surface area contributed by atoms with E-state index in [4.69, 9.17) is 0 Å². The highest BCUT2D eigenvalue weighted by molar-refractivity contribution is 5.48. The molecule has 0 radical (unpaired) electrons. The molecule has 2 aromatic heterocycles. The van der Waals surface area contributed by atoms with Crippen molar-refractivity contribution in [2.75, 3.05) is 23.3 Å². The molecule has 0 bridgehead atoms. The summed E-state index contributed by atoms with van der Waals surface area (Å²) in [4.78, 5) is 15.5. The number of nitrogens with zero attached hydrogens (tertiary/aromatic N) is 4.